The zero-order valence-electron chi connectivity index (χ0n) is 9.75. The first-order valence-corrected chi connectivity index (χ1v) is 6.58. The number of aromatic amines is 1. The minimum absolute atomic E-state index is 0.143. The van der Waals surface area contributed by atoms with Gasteiger partial charge in [-0.05, 0) is 55.4 Å². The van der Waals surface area contributed by atoms with Crippen molar-refractivity contribution in [2.45, 2.75) is 31.6 Å². The number of H-pyrrole nitrogens is 1. The van der Waals surface area contributed by atoms with Crippen LogP contribution in [-0.4, -0.2) is 4.98 Å². The molecule has 2 aliphatic rings. The Hall–Kier alpha value is -1.31. The van der Waals surface area contributed by atoms with Crippen molar-refractivity contribution >= 4 is 10.9 Å². The monoisotopic (exact) mass is 229 g/mol. The maximum Gasteiger partial charge on any atom is 0.123 e. The average Bonchev–Trinajstić information content (AvgIpc) is 3.01. The summed E-state index contributed by atoms with van der Waals surface area (Å²) in [5, 5.41) is 1.02. The molecule has 0 unspecified atom stereocenters. The predicted molar refractivity (Wildman–Crippen MR) is 66.4 cm³/mol. The fourth-order valence-electron chi connectivity index (χ4n) is 3.95. The molecule has 0 spiro atoms. The van der Waals surface area contributed by atoms with Crippen LogP contribution in [0.4, 0.5) is 4.39 Å². The highest BCUT2D eigenvalue weighted by Crippen LogP contribution is 2.52. The molecule has 17 heavy (non-hydrogen) atoms. The van der Waals surface area contributed by atoms with Crippen molar-refractivity contribution in [2.24, 2.45) is 11.8 Å². The van der Waals surface area contributed by atoms with Gasteiger partial charge < -0.3 is 4.98 Å². The molecule has 2 bridgehead atoms. The van der Waals surface area contributed by atoms with Gasteiger partial charge in [0.2, 0.25) is 0 Å². The van der Waals surface area contributed by atoms with Gasteiger partial charge in [-0.3, -0.25) is 0 Å². The maximum absolute atomic E-state index is 13.2. The Kier molecular flexibility index (Phi) is 1.91. The van der Waals surface area contributed by atoms with Gasteiger partial charge in [0.1, 0.15) is 5.82 Å². The summed E-state index contributed by atoms with van der Waals surface area (Å²) in [6.45, 7) is 0. The van der Waals surface area contributed by atoms with Crippen LogP contribution in [0.25, 0.3) is 10.9 Å². The molecule has 1 aromatic carbocycles. The molecule has 0 amide bonds. The normalized spacial score (nSPS) is 31.5. The van der Waals surface area contributed by atoms with E-state index in [1.54, 1.807) is 6.07 Å². The number of nitrogens with one attached hydrogen (secondary N) is 1. The van der Waals surface area contributed by atoms with E-state index in [4.69, 9.17) is 0 Å². The predicted octanol–water partition coefficient (Wildman–Crippen LogP) is 4.21. The van der Waals surface area contributed by atoms with Crippen molar-refractivity contribution in [3.8, 4) is 0 Å². The largest absolute Gasteiger partial charge is 0.358 e. The highest BCUT2D eigenvalue weighted by atomic mass is 19.1. The molecule has 0 radical (unpaired) electrons. The van der Waals surface area contributed by atoms with E-state index in [0.717, 1.165) is 22.7 Å². The first-order valence-electron chi connectivity index (χ1n) is 6.58. The molecule has 2 fully saturated rings. The lowest BCUT2D eigenvalue weighted by molar-refractivity contribution is 0.415. The molecule has 88 valence electrons. The molecular formula is C15H16FN. The summed E-state index contributed by atoms with van der Waals surface area (Å²) in [5.41, 5.74) is 2.40. The van der Waals surface area contributed by atoms with Crippen LogP contribution >= 0.6 is 0 Å². The van der Waals surface area contributed by atoms with Gasteiger partial charge in [-0.2, -0.15) is 0 Å². The van der Waals surface area contributed by atoms with Crippen molar-refractivity contribution in [2.75, 3.05) is 0 Å². The molecule has 2 heteroatoms. The molecule has 4 rings (SSSR count). The number of halogens is 1. The zero-order valence-corrected chi connectivity index (χ0v) is 9.75. The Morgan fingerprint density at radius 1 is 1.12 bits per heavy atom. The van der Waals surface area contributed by atoms with Crippen LogP contribution in [-0.2, 0) is 0 Å². The van der Waals surface area contributed by atoms with Crippen molar-refractivity contribution < 1.29 is 4.39 Å². The van der Waals surface area contributed by atoms with Gasteiger partial charge in [0, 0.05) is 22.5 Å². The van der Waals surface area contributed by atoms with Crippen molar-refractivity contribution in [1.82, 2.24) is 4.98 Å². The molecule has 1 N–H and O–H groups in total. The zero-order chi connectivity index (χ0) is 11.4. The summed E-state index contributed by atoms with van der Waals surface area (Å²) in [5.74, 6) is 2.38. The van der Waals surface area contributed by atoms with Gasteiger partial charge in [0.05, 0.1) is 0 Å². The smallest absolute Gasteiger partial charge is 0.123 e. The third-order valence-electron chi connectivity index (χ3n) is 4.74. The van der Waals surface area contributed by atoms with Crippen molar-refractivity contribution in [3.05, 3.63) is 35.8 Å². The van der Waals surface area contributed by atoms with E-state index in [0.29, 0.717) is 5.92 Å². The molecule has 0 saturated heterocycles. The van der Waals surface area contributed by atoms with E-state index >= 15 is 0 Å². The van der Waals surface area contributed by atoms with Crippen molar-refractivity contribution in [1.29, 1.82) is 0 Å². The van der Waals surface area contributed by atoms with E-state index in [9.17, 15) is 4.39 Å². The Morgan fingerprint density at radius 2 is 2.06 bits per heavy atom. The minimum Gasteiger partial charge on any atom is -0.358 e. The summed E-state index contributed by atoms with van der Waals surface area (Å²) < 4.78 is 13.2. The Labute approximate surface area is 100 Å². The summed E-state index contributed by atoms with van der Waals surface area (Å²) in [6.07, 6.45) is 5.56. The second-order valence-corrected chi connectivity index (χ2v) is 5.74. The lowest BCUT2D eigenvalue weighted by Gasteiger charge is -2.20. The van der Waals surface area contributed by atoms with Gasteiger partial charge in [-0.15, -0.1) is 0 Å². The molecule has 2 saturated carbocycles. The number of rotatable bonds is 1. The minimum atomic E-state index is -0.143. The van der Waals surface area contributed by atoms with Crippen LogP contribution in [0.2, 0.25) is 0 Å². The molecule has 3 atom stereocenters. The second-order valence-electron chi connectivity index (χ2n) is 5.74. The van der Waals surface area contributed by atoms with Crippen LogP contribution in [0.5, 0.6) is 0 Å². The topological polar surface area (TPSA) is 15.8 Å². The Morgan fingerprint density at radius 3 is 2.82 bits per heavy atom. The molecule has 1 aromatic heterocycles. The van der Waals surface area contributed by atoms with Gasteiger partial charge in [0.25, 0.3) is 0 Å². The van der Waals surface area contributed by atoms with E-state index < -0.39 is 0 Å². The van der Waals surface area contributed by atoms with Crippen LogP contribution in [0, 0.1) is 17.7 Å². The fraction of sp³-hybridized carbons (Fsp3) is 0.467. The standard InChI is InChI=1S/C15H16FN/c16-12-3-4-14-11(7-12)8-15(17-14)13-6-9-1-2-10(13)5-9/h3-4,7-10,13,17H,1-2,5-6H2/t9-,10+,13+/m0/s1. The van der Waals surface area contributed by atoms with Gasteiger partial charge >= 0.3 is 0 Å². The lowest BCUT2D eigenvalue weighted by atomic mass is 9.86. The van der Waals surface area contributed by atoms with E-state index in [2.05, 4.69) is 11.1 Å². The summed E-state index contributed by atoms with van der Waals surface area (Å²) in [4.78, 5) is 3.48. The average molecular weight is 229 g/mol. The van der Waals surface area contributed by atoms with Crippen molar-refractivity contribution in [3.63, 3.8) is 0 Å². The highest BCUT2D eigenvalue weighted by molar-refractivity contribution is 5.80. The van der Waals surface area contributed by atoms with E-state index in [1.165, 1.54) is 37.4 Å². The van der Waals surface area contributed by atoms with E-state index in [-0.39, 0.29) is 5.82 Å². The third kappa shape index (κ3) is 1.43. The molecule has 1 nitrogen and oxygen atoms in total. The highest BCUT2D eigenvalue weighted by Gasteiger charge is 2.40. The number of benzene rings is 1. The fourth-order valence-corrected chi connectivity index (χ4v) is 3.95. The first-order chi connectivity index (χ1) is 8.29. The lowest BCUT2D eigenvalue weighted by Crippen LogP contribution is -2.08. The number of aromatic nitrogens is 1. The molecular weight excluding hydrogens is 213 g/mol. The molecule has 2 aliphatic carbocycles. The summed E-state index contributed by atoms with van der Waals surface area (Å²) >= 11 is 0. The van der Waals surface area contributed by atoms with Gasteiger partial charge in [-0.1, -0.05) is 6.42 Å². The second kappa shape index (κ2) is 3.34. The Balaban J connectivity index is 1.76. The third-order valence-corrected chi connectivity index (χ3v) is 4.74. The van der Waals surface area contributed by atoms with Gasteiger partial charge in [-0.25, -0.2) is 4.39 Å². The SMILES string of the molecule is Fc1ccc2[nH]c([C@@H]3C[C@H]4CC[C@@H]3C4)cc2c1. The van der Waals surface area contributed by atoms with Crippen LogP contribution in [0.1, 0.15) is 37.3 Å². The first kappa shape index (κ1) is 9.69. The Bertz CT molecular complexity index is 571. The number of fused-ring (bicyclic) bond motifs is 3. The summed E-state index contributed by atoms with van der Waals surface area (Å²) in [7, 11) is 0. The van der Waals surface area contributed by atoms with Gasteiger partial charge in [0.15, 0.2) is 0 Å². The number of hydrogen-bond acceptors (Lipinski definition) is 0. The van der Waals surface area contributed by atoms with E-state index in [1.807, 2.05) is 6.07 Å². The maximum atomic E-state index is 13.2. The van der Waals surface area contributed by atoms with Crippen LogP contribution in [0.3, 0.4) is 0 Å². The summed E-state index contributed by atoms with van der Waals surface area (Å²) in [6, 6.07) is 7.16. The molecule has 1 heterocycles. The molecule has 2 aromatic rings. The number of hydrogen-bond donors (Lipinski definition) is 1. The van der Waals surface area contributed by atoms with Crippen LogP contribution < -0.4 is 0 Å². The van der Waals surface area contributed by atoms with Crippen LogP contribution in [0.15, 0.2) is 24.3 Å². The quantitative estimate of drug-likeness (QED) is 0.754. The molecule has 0 aliphatic heterocycles.